The molecule has 0 spiro atoms. The van der Waals surface area contributed by atoms with Crippen molar-refractivity contribution >= 4 is 17.3 Å². The first kappa shape index (κ1) is 13.5. The summed E-state index contributed by atoms with van der Waals surface area (Å²) in [6.07, 6.45) is 0. The van der Waals surface area contributed by atoms with E-state index in [2.05, 4.69) is 0 Å². The highest BCUT2D eigenvalue weighted by molar-refractivity contribution is 6.02. The summed E-state index contributed by atoms with van der Waals surface area (Å²) in [5.74, 6) is 0.620. The van der Waals surface area contributed by atoms with Gasteiger partial charge in [-0.05, 0) is 37.6 Å². The van der Waals surface area contributed by atoms with Gasteiger partial charge in [0.1, 0.15) is 5.75 Å². The molecule has 0 aliphatic carbocycles. The maximum atomic E-state index is 12.7. The zero-order valence-corrected chi connectivity index (χ0v) is 12.2. The van der Waals surface area contributed by atoms with Gasteiger partial charge in [-0.25, -0.2) is 0 Å². The smallest absolute Gasteiger partial charge is 0.271 e. The van der Waals surface area contributed by atoms with Gasteiger partial charge in [-0.1, -0.05) is 30.3 Å². The standard InChI is InChI=1S/C17H18N2O2/c1-17(2)16(20)19(11-12-6-4-3-5-7-12)14-10-13(18)8-9-15(14)21-17/h3-10H,11,18H2,1-2H3. The van der Waals surface area contributed by atoms with Crippen LogP contribution in [0, 0.1) is 0 Å². The van der Waals surface area contributed by atoms with Crippen LogP contribution in [0.5, 0.6) is 5.75 Å². The van der Waals surface area contributed by atoms with Crippen molar-refractivity contribution in [1.29, 1.82) is 0 Å². The van der Waals surface area contributed by atoms with E-state index in [9.17, 15) is 4.79 Å². The first-order valence-corrected chi connectivity index (χ1v) is 6.92. The molecule has 2 N–H and O–H groups in total. The summed E-state index contributed by atoms with van der Waals surface area (Å²) in [6, 6.07) is 15.3. The number of hydrogen-bond donors (Lipinski definition) is 1. The summed E-state index contributed by atoms with van der Waals surface area (Å²) in [5, 5.41) is 0. The molecule has 108 valence electrons. The average Bonchev–Trinajstić information content (AvgIpc) is 2.46. The van der Waals surface area contributed by atoms with Crippen molar-refractivity contribution in [3.8, 4) is 5.75 Å². The second-order valence-corrected chi connectivity index (χ2v) is 5.72. The Bertz CT molecular complexity index is 680. The minimum Gasteiger partial charge on any atom is -0.476 e. The second kappa shape index (κ2) is 4.81. The van der Waals surface area contributed by atoms with E-state index in [0.717, 1.165) is 11.3 Å². The van der Waals surface area contributed by atoms with Crippen LogP contribution in [0.3, 0.4) is 0 Å². The maximum absolute atomic E-state index is 12.7. The van der Waals surface area contributed by atoms with Gasteiger partial charge in [0, 0.05) is 5.69 Å². The van der Waals surface area contributed by atoms with Gasteiger partial charge in [-0.15, -0.1) is 0 Å². The Morgan fingerprint density at radius 3 is 2.57 bits per heavy atom. The van der Waals surface area contributed by atoms with E-state index in [-0.39, 0.29) is 5.91 Å². The summed E-state index contributed by atoms with van der Waals surface area (Å²) in [7, 11) is 0. The van der Waals surface area contributed by atoms with Crippen molar-refractivity contribution in [2.24, 2.45) is 0 Å². The molecule has 0 atom stereocenters. The summed E-state index contributed by atoms with van der Waals surface area (Å²) < 4.78 is 5.81. The third-order valence-corrected chi connectivity index (χ3v) is 3.58. The van der Waals surface area contributed by atoms with Crippen molar-refractivity contribution < 1.29 is 9.53 Å². The van der Waals surface area contributed by atoms with Crippen molar-refractivity contribution in [2.45, 2.75) is 26.0 Å². The van der Waals surface area contributed by atoms with Gasteiger partial charge in [-0.2, -0.15) is 0 Å². The quantitative estimate of drug-likeness (QED) is 0.862. The average molecular weight is 282 g/mol. The lowest BCUT2D eigenvalue weighted by Gasteiger charge is -2.39. The van der Waals surface area contributed by atoms with E-state index in [1.807, 2.05) is 36.4 Å². The van der Waals surface area contributed by atoms with Crippen molar-refractivity contribution in [3.05, 3.63) is 54.1 Å². The monoisotopic (exact) mass is 282 g/mol. The largest absolute Gasteiger partial charge is 0.476 e. The summed E-state index contributed by atoms with van der Waals surface area (Å²) in [6.45, 7) is 4.07. The van der Waals surface area contributed by atoms with Crippen molar-refractivity contribution in [2.75, 3.05) is 10.6 Å². The first-order chi connectivity index (χ1) is 9.97. The molecule has 1 aliphatic rings. The van der Waals surface area contributed by atoms with Crippen LogP contribution in [0.4, 0.5) is 11.4 Å². The second-order valence-electron chi connectivity index (χ2n) is 5.72. The van der Waals surface area contributed by atoms with Gasteiger partial charge < -0.3 is 15.4 Å². The van der Waals surface area contributed by atoms with E-state index in [4.69, 9.17) is 10.5 Å². The van der Waals surface area contributed by atoms with E-state index >= 15 is 0 Å². The number of nitrogen functional groups attached to an aromatic ring is 1. The molecule has 4 nitrogen and oxygen atoms in total. The van der Waals surface area contributed by atoms with E-state index in [1.165, 1.54) is 0 Å². The number of benzene rings is 2. The highest BCUT2D eigenvalue weighted by Crippen LogP contribution is 2.39. The molecule has 4 heteroatoms. The highest BCUT2D eigenvalue weighted by Gasteiger charge is 2.40. The predicted octanol–water partition coefficient (Wildman–Crippen LogP) is 2.97. The molecule has 2 aromatic carbocycles. The number of anilines is 2. The van der Waals surface area contributed by atoms with Crippen LogP contribution in [-0.4, -0.2) is 11.5 Å². The Hall–Kier alpha value is -2.49. The van der Waals surface area contributed by atoms with Gasteiger partial charge >= 0.3 is 0 Å². The van der Waals surface area contributed by atoms with Gasteiger partial charge in [0.15, 0.2) is 5.60 Å². The Labute approximate surface area is 124 Å². The molecular weight excluding hydrogens is 264 g/mol. The van der Waals surface area contributed by atoms with E-state index in [1.54, 1.807) is 30.9 Å². The fourth-order valence-electron chi connectivity index (χ4n) is 2.51. The number of amides is 1. The topological polar surface area (TPSA) is 55.6 Å². The Kier molecular flexibility index (Phi) is 3.09. The Morgan fingerprint density at radius 1 is 1.14 bits per heavy atom. The first-order valence-electron chi connectivity index (χ1n) is 6.92. The number of carbonyl (C=O) groups excluding carboxylic acids is 1. The molecule has 1 heterocycles. The molecule has 1 aliphatic heterocycles. The lowest BCUT2D eigenvalue weighted by atomic mass is 10.0. The van der Waals surface area contributed by atoms with E-state index in [0.29, 0.717) is 18.0 Å². The van der Waals surface area contributed by atoms with Gasteiger partial charge in [0.25, 0.3) is 5.91 Å². The van der Waals surface area contributed by atoms with Gasteiger partial charge in [-0.3, -0.25) is 4.79 Å². The summed E-state index contributed by atoms with van der Waals surface area (Å²) in [5.41, 5.74) is 7.39. The molecule has 2 aromatic rings. The summed E-state index contributed by atoms with van der Waals surface area (Å²) in [4.78, 5) is 14.4. The third kappa shape index (κ3) is 2.44. The molecule has 1 amide bonds. The zero-order valence-electron chi connectivity index (χ0n) is 12.2. The molecule has 21 heavy (non-hydrogen) atoms. The molecule has 0 unspecified atom stereocenters. The molecule has 0 fully saturated rings. The fourth-order valence-corrected chi connectivity index (χ4v) is 2.51. The van der Waals surface area contributed by atoms with Crippen LogP contribution in [0.25, 0.3) is 0 Å². The number of hydrogen-bond acceptors (Lipinski definition) is 3. The van der Waals surface area contributed by atoms with Crippen LogP contribution in [0.1, 0.15) is 19.4 Å². The van der Waals surface area contributed by atoms with Crippen molar-refractivity contribution in [3.63, 3.8) is 0 Å². The number of ether oxygens (including phenoxy) is 1. The lowest BCUT2D eigenvalue weighted by Crippen LogP contribution is -2.52. The van der Waals surface area contributed by atoms with Crippen LogP contribution < -0.4 is 15.4 Å². The normalized spacial score (nSPS) is 16.3. The molecule has 0 aromatic heterocycles. The number of rotatable bonds is 2. The molecule has 0 saturated carbocycles. The maximum Gasteiger partial charge on any atom is 0.271 e. The molecule has 0 saturated heterocycles. The molecule has 3 rings (SSSR count). The number of carbonyl (C=O) groups is 1. The van der Waals surface area contributed by atoms with Crippen LogP contribution in [0.2, 0.25) is 0 Å². The SMILES string of the molecule is CC1(C)Oc2ccc(N)cc2N(Cc2ccccc2)C1=O. The van der Waals surface area contributed by atoms with Crippen LogP contribution in [-0.2, 0) is 11.3 Å². The van der Waals surface area contributed by atoms with Crippen LogP contribution >= 0.6 is 0 Å². The fraction of sp³-hybridized carbons (Fsp3) is 0.235. The molecule has 0 radical (unpaired) electrons. The summed E-state index contributed by atoms with van der Waals surface area (Å²) >= 11 is 0. The van der Waals surface area contributed by atoms with Crippen molar-refractivity contribution in [1.82, 2.24) is 0 Å². The minimum absolute atomic E-state index is 0.0653. The van der Waals surface area contributed by atoms with Gasteiger partial charge in [0.2, 0.25) is 0 Å². The van der Waals surface area contributed by atoms with Gasteiger partial charge in [0.05, 0.1) is 12.2 Å². The molecule has 0 bridgehead atoms. The Morgan fingerprint density at radius 2 is 1.86 bits per heavy atom. The van der Waals surface area contributed by atoms with Crippen LogP contribution in [0.15, 0.2) is 48.5 Å². The lowest BCUT2D eigenvalue weighted by molar-refractivity contribution is -0.132. The third-order valence-electron chi connectivity index (χ3n) is 3.58. The zero-order chi connectivity index (χ0) is 15.0. The number of nitrogens with zero attached hydrogens (tertiary/aromatic N) is 1. The number of nitrogens with two attached hydrogens (primary N) is 1. The Balaban J connectivity index is 2.05. The molecular formula is C17H18N2O2. The minimum atomic E-state index is -0.877. The van der Waals surface area contributed by atoms with E-state index < -0.39 is 5.60 Å². The number of fused-ring (bicyclic) bond motifs is 1. The highest BCUT2D eigenvalue weighted by atomic mass is 16.5. The predicted molar refractivity (Wildman–Crippen MR) is 83.2 cm³/mol.